The molecular formula is C18H22N2O3S2. The van der Waals surface area contributed by atoms with Crippen LogP contribution in [0.1, 0.15) is 22.3 Å². The molecule has 2 aromatic rings. The molecule has 0 radical (unpaired) electrons. The first kappa shape index (κ1) is 18.2. The van der Waals surface area contributed by atoms with Crippen molar-refractivity contribution in [1.29, 1.82) is 0 Å². The van der Waals surface area contributed by atoms with E-state index in [4.69, 9.17) is 9.15 Å². The van der Waals surface area contributed by atoms with Gasteiger partial charge in [0, 0.05) is 30.3 Å². The Labute approximate surface area is 156 Å². The number of benzene rings is 1. The minimum atomic E-state index is -0.185. The molecule has 1 aromatic heterocycles. The largest absolute Gasteiger partial charge is 0.467 e. The van der Waals surface area contributed by atoms with Crippen LogP contribution in [0.15, 0.2) is 47.1 Å². The van der Waals surface area contributed by atoms with E-state index < -0.39 is 0 Å². The zero-order valence-electron chi connectivity index (χ0n) is 13.9. The van der Waals surface area contributed by atoms with Crippen molar-refractivity contribution in [2.24, 2.45) is 0 Å². The van der Waals surface area contributed by atoms with E-state index in [9.17, 15) is 4.79 Å². The zero-order valence-corrected chi connectivity index (χ0v) is 15.5. The summed E-state index contributed by atoms with van der Waals surface area (Å²) in [6.07, 6.45) is 2.38. The molecule has 25 heavy (non-hydrogen) atoms. The number of urea groups is 1. The Morgan fingerprint density at radius 2 is 2.12 bits per heavy atom. The molecular weight excluding hydrogens is 356 g/mol. The summed E-state index contributed by atoms with van der Waals surface area (Å²) in [7, 11) is 0. The number of nitrogens with one attached hydrogen (secondary N) is 2. The normalized spacial score (nSPS) is 14.6. The van der Waals surface area contributed by atoms with Gasteiger partial charge >= 0.3 is 6.03 Å². The molecule has 2 N–H and O–H groups in total. The number of rotatable bonds is 8. The fraction of sp³-hybridized carbons (Fsp3) is 0.389. The quantitative estimate of drug-likeness (QED) is 0.663. The minimum absolute atomic E-state index is 0.185. The second kappa shape index (κ2) is 9.79. The molecule has 0 saturated carbocycles. The Hall–Kier alpha value is -1.57. The standard InChI is InChI=1S/C18H22N2O3S2/c21-18(19-7-3-8-22-13-16-6-2-9-23-16)20-15-5-1-4-14(12-15)17-24-10-11-25-17/h1-2,4-6,9,12,17H,3,7-8,10-11,13H2,(H2,19,20,21). The van der Waals surface area contributed by atoms with Gasteiger partial charge in [-0.1, -0.05) is 12.1 Å². The molecule has 1 aliphatic heterocycles. The highest BCUT2D eigenvalue weighted by Gasteiger charge is 2.18. The summed E-state index contributed by atoms with van der Waals surface area (Å²) in [5.74, 6) is 3.19. The molecule has 1 saturated heterocycles. The number of carbonyl (C=O) groups is 1. The molecule has 2 amide bonds. The summed E-state index contributed by atoms with van der Waals surface area (Å²) >= 11 is 3.91. The van der Waals surface area contributed by atoms with Gasteiger partial charge in [0.2, 0.25) is 0 Å². The van der Waals surface area contributed by atoms with Crippen LogP contribution in [-0.4, -0.2) is 30.7 Å². The molecule has 134 valence electrons. The lowest BCUT2D eigenvalue weighted by atomic mass is 10.2. The molecule has 0 aliphatic carbocycles. The van der Waals surface area contributed by atoms with Gasteiger partial charge in [-0.05, 0) is 36.2 Å². The van der Waals surface area contributed by atoms with Gasteiger partial charge in [-0.15, -0.1) is 23.5 Å². The Morgan fingerprint density at radius 1 is 1.24 bits per heavy atom. The summed E-state index contributed by atoms with van der Waals surface area (Å²) < 4.78 is 11.1. The molecule has 0 bridgehead atoms. The molecule has 1 fully saturated rings. The first-order valence-electron chi connectivity index (χ1n) is 8.29. The molecule has 0 atom stereocenters. The van der Waals surface area contributed by atoms with E-state index in [1.807, 2.05) is 47.8 Å². The average molecular weight is 379 g/mol. The van der Waals surface area contributed by atoms with E-state index in [-0.39, 0.29) is 6.03 Å². The number of thioether (sulfide) groups is 2. The van der Waals surface area contributed by atoms with Gasteiger partial charge in [-0.2, -0.15) is 0 Å². The lowest BCUT2D eigenvalue weighted by Gasteiger charge is -2.12. The Morgan fingerprint density at radius 3 is 2.92 bits per heavy atom. The van der Waals surface area contributed by atoms with Crippen molar-refractivity contribution in [3.63, 3.8) is 0 Å². The maximum Gasteiger partial charge on any atom is 0.319 e. The Kier molecular flexibility index (Phi) is 7.14. The van der Waals surface area contributed by atoms with Crippen LogP contribution in [0.5, 0.6) is 0 Å². The number of hydrogen-bond acceptors (Lipinski definition) is 5. The molecule has 2 heterocycles. The van der Waals surface area contributed by atoms with Crippen LogP contribution in [-0.2, 0) is 11.3 Å². The molecule has 1 aliphatic rings. The molecule has 0 unspecified atom stereocenters. The fourth-order valence-electron chi connectivity index (χ4n) is 2.43. The van der Waals surface area contributed by atoms with Crippen molar-refractivity contribution in [3.05, 3.63) is 54.0 Å². The monoisotopic (exact) mass is 378 g/mol. The average Bonchev–Trinajstić information content (AvgIpc) is 3.31. The van der Waals surface area contributed by atoms with Crippen LogP contribution in [0.3, 0.4) is 0 Å². The van der Waals surface area contributed by atoms with Gasteiger partial charge in [-0.25, -0.2) is 4.79 Å². The van der Waals surface area contributed by atoms with E-state index in [0.29, 0.717) is 24.3 Å². The SMILES string of the molecule is O=C(NCCCOCc1ccco1)Nc1cccc(C2SCCS2)c1. The third-order valence-corrected chi connectivity index (χ3v) is 6.72. The number of furan rings is 1. The van der Waals surface area contributed by atoms with Crippen molar-refractivity contribution in [2.75, 3.05) is 30.0 Å². The summed E-state index contributed by atoms with van der Waals surface area (Å²) in [4.78, 5) is 12.0. The van der Waals surface area contributed by atoms with Crippen LogP contribution in [0.25, 0.3) is 0 Å². The number of carbonyl (C=O) groups excluding carboxylic acids is 1. The summed E-state index contributed by atoms with van der Waals surface area (Å²) in [5.41, 5.74) is 2.09. The second-order valence-electron chi connectivity index (χ2n) is 5.57. The van der Waals surface area contributed by atoms with Crippen molar-refractivity contribution >= 4 is 35.2 Å². The first-order chi connectivity index (χ1) is 12.3. The topological polar surface area (TPSA) is 63.5 Å². The first-order valence-corrected chi connectivity index (χ1v) is 10.4. The van der Waals surface area contributed by atoms with E-state index in [0.717, 1.165) is 17.9 Å². The maximum absolute atomic E-state index is 12.0. The lowest BCUT2D eigenvalue weighted by molar-refractivity contribution is 0.104. The van der Waals surface area contributed by atoms with Crippen molar-refractivity contribution in [2.45, 2.75) is 17.6 Å². The number of hydrogen-bond donors (Lipinski definition) is 2. The molecule has 7 heteroatoms. The van der Waals surface area contributed by atoms with Gasteiger partial charge in [0.05, 0.1) is 10.8 Å². The molecule has 1 aromatic carbocycles. The van der Waals surface area contributed by atoms with Gasteiger partial charge in [0.25, 0.3) is 0 Å². The lowest BCUT2D eigenvalue weighted by Crippen LogP contribution is -2.30. The molecule has 5 nitrogen and oxygen atoms in total. The van der Waals surface area contributed by atoms with Gasteiger partial charge in [-0.3, -0.25) is 0 Å². The second-order valence-corrected chi connectivity index (χ2v) is 8.29. The van der Waals surface area contributed by atoms with E-state index in [1.54, 1.807) is 6.26 Å². The maximum atomic E-state index is 12.0. The van der Waals surface area contributed by atoms with E-state index >= 15 is 0 Å². The Balaban J connectivity index is 1.33. The zero-order chi connectivity index (χ0) is 17.3. The summed E-state index contributed by atoms with van der Waals surface area (Å²) in [5, 5.41) is 5.74. The van der Waals surface area contributed by atoms with Crippen molar-refractivity contribution in [1.82, 2.24) is 5.32 Å². The van der Waals surface area contributed by atoms with Gasteiger partial charge in [0.1, 0.15) is 12.4 Å². The smallest absolute Gasteiger partial charge is 0.319 e. The van der Waals surface area contributed by atoms with E-state index in [1.165, 1.54) is 17.1 Å². The fourth-order valence-corrected chi connectivity index (χ4v) is 5.27. The summed E-state index contributed by atoms with van der Waals surface area (Å²) in [6, 6.07) is 11.6. The highest BCUT2D eigenvalue weighted by Crippen LogP contribution is 2.45. The number of amides is 2. The third kappa shape index (κ3) is 6.02. The Bertz CT molecular complexity index is 658. The van der Waals surface area contributed by atoms with E-state index in [2.05, 4.69) is 22.8 Å². The predicted molar refractivity (Wildman–Crippen MR) is 104 cm³/mol. The highest BCUT2D eigenvalue weighted by atomic mass is 32.2. The third-order valence-electron chi connectivity index (χ3n) is 3.61. The summed E-state index contributed by atoms with van der Waals surface area (Å²) in [6.45, 7) is 1.60. The van der Waals surface area contributed by atoms with Gasteiger partial charge in [0.15, 0.2) is 0 Å². The predicted octanol–water partition coefficient (Wildman–Crippen LogP) is 4.49. The van der Waals surface area contributed by atoms with Crippen LogP contribution < -0.4 is 10.6 Å². The van der Waals surface area contributed by atoms with Crippen LogP contribution >= 0.6 is 23.5 Å². The van der Waals surface area contributed by atoms with Crippen LogP contribution in [0.2, 0.25) is 0 Å². The van der Waals surface area contributed by atoms with Crippen LogP contribution in [0, 0.1) is 0 Å². The molecule has 0 spiro atoms. The molecule has 3 rings (SSSR count). The van der Waals surface area contributed by atoms with Crippen molar-refractivity contribution < 1.29 is 13.9 Å². The highest BCUT2D eigenvalue weighted by molar-refractivity contribution is 8.19. The number of ether oxygens (including phenoxy) is 1. The minimum Gasteiger partial charge on any atom is -0.467 e. The van der Waals surface area contributed by atoms with Crippen LogP contribution in [0.4, 0.5) is 10.5 Å². The number of anilines is 1. The van der Waals surface area contributed by atoms with Crippen molar-refractivity contribution in [3.8, 4) is 0 Å². The van der Waals surface area contributed by atoms with Gasteiger partial charge < -0.3 is 19.8 Å².